The highest BCUT2D eigenvalue weighted by Gasteiger charge is 2.59. The Morgan fingerprint density at radius 2 is 1.67 bits per heavy atom. The lowest BCUT2D eigenvalue weighted by atomic mass is 9.93. The summed E-state index contributed by atoms with van der Waals surface area (Å²) >= 11 is 0. The maximum atomic E-state index is 12.3. The zero-order valence-electron chi connectivity index (χ0n) is 17.5. The van der Waals surface area contributed by atoms with Crippen molar-refractivity contribution in [2.75, 3.05) is 11.5 Å². The summed E-state index contributed by atoms with van der Waals surface area (Å²) in [5, 5.41) is 12.3. The number of amidine groups is 1. The first-order chi connectivity index (χ1) is 14.6. The van der Waals surface area contributed by atoms with E-state index in [0.717, 1.165) is 41.4 Å². The van der Waals surface area contributed by atoms with Gasteiger partial charge >= 0.3 is 0 Å². The summed E-state index contributed by atoms with van der Waals surface area (Å²) in [6.07, 6.45) is 1.85. The molecule has 30 heavy (non-hydrogen) atoms. The van der Waals surface area contributed by atoms with Crippen LogP contribution in [0.15, 0.2) is 78.9 Å². The van der Waals surface area contributed by atoms with Crippen LogP contribution < -0.4 is 9.64 Å². The first kappa shape index (κ1) is 18.9. The van der Waals surface area contributed by atoms with E-state index in [0.29, 0.717) is 6.61 Å². The van der Waals surface area contributed by atoms with Gasteiger partial charge in [0.2, 0.25) is 0 Å². The van der Waals surface area contributed by atoms with Gasteiger partial charge in [0.1, 0.15) is 17.1 Å². The normalized spacial score (nSPS) is 22.6. The van der Waals surface area contributed by atoms with Gasteiger partial charge in [-0.2, -0.15) is 4.58 Å². The van der Waals surface area contributed by atoms with Crippen molar-refractivity contribution in [2.24, 2.45) is 0 Å². The number of hydrogen-bond donors (Lipinski definition) is 1. The largest absolute Gasteiger partial charge is 0.494 e. The molecule has 2 heterocycles. The Kier molecular flexibility index (Phi) is 4.59. The highest BCUT2D eigenvalue weighted by molar-refractivity contribution is 5.98. The number of aliphatic hydroxyl groups is 1. The van der Waals surface area contributed by atoms with Gasteiger partial charge in [-0.05, 0) is 68.3 Å². The van der Waals surface area contributed by atoms with E-state index in [4.69, 9.17) is 4.74 Å². The van der Waals surface area contributed by atoms with Gasteiger partial charge in [0.15, 0.2) is 6.04 Å². The SMILES string of the molecule is CCOc1ccc(C2(O)C(C)N(c3ccccc3)C3=[N+]2c2ccccc2CC3)cc1. The van der Waals surface area contributed by atoms with Gasteiger partial charge in [0.05, 0.1) is 13.0 Å². The molecule has 0 aliphatic carbocycles. The van der Waals surface area contributed by atoms with Gasteiger partial charge in [0.25, 0.3) is 11.6 Å². The van der Waals surface area contributed by atoms with Crippen LogP contribution >= 0.6 is 0 Å². The Morgan fingerprint density at radius 3 is 2.40 bits per heavy atom. The third kappa shape index (κ3) is 2.75. The van der Waals surface area contributed by atoms with E-state index < -0.39 is 5.72 Å². The molecule has 2 aliphatic rings. The molecule has 0 bridgehead atoms. The summed E-state index contributed by atoms with van der Waals surface area (Å²) in [7, 11) is 0. The lowest BCUT2D eigenvalue weighted by Crippen LogP contribution is -2.46. The second kappa shape index (κ2) is 7.29. The maximum absolute atomic E-state index is 12.3. The van der Waals surface area contributed by atoms with Crippen molar-refractivity contribution in [1.82, 2.24) is 0 Å². The molecule has 0 spiro atoms. The van der Waals surface area contributed by atoms with Crippen LogP contribution in [0.3, 0.4) is 0 Å². The summed E-state index contributed by atoms with van der Waals surface area (Å²) in [5.41, 5.74) is 3.14. The maximum Gasteiger partial charge on any atom is 0.278 e. The standard InChI is InChI=1S/C26H27N2O2/c1-3-30-23-16-14-21(15-17-23)26(29)19(2)27(22-10-5-4-6-11-22)25-18-13-20-9-7-8-12-24(20)28(25)26/h4-12,14-17,19,29H,3,13,18H2,1-2H3/q+1. The fourth-order valence-corrected chi connectivity index (χ4v) is 4.93. The van der Waals surface area contributed by atoms with Gasteiger partial charge < -0.3 is 9.84 Å². The molecule has 5 rings (SSSR count). The van der Waals surface area contributed by atoms with Gasteiger partial charge in [-0.1, -0.05) is 36.4 Å². The number of ether oxygens (including phenoxy) is 1. The van der Waals surface area contributed by atoms with E-state index in [-0.39, 0.29) is 6.04 Å². The Morgan fingerprint density at radius 1 is 0.967 bits per heavy atom. The molecule has 2 atom stereocenters. The molecule has 0 saturated heterocycles. The van der Waals surface area contributed by atoms with Crippen molar-refractivity contribution >= 4 is 17.2 Å². The molecule has 1 N–H and O–H groups in total. The van der Waals surface area contributed by atoms with E-state index >= 15 is 0 Å². The summed E-state index contributed by atoms with van der Waals surface area (Å²) in [4.78, 5) is 2.30. The molecule has 3 aromatic rings. The van der Waals surface area contributed by atoms with Gasteiger partial charge in [-0.3, -0.25) is 0 Å². The van der Waals surface area contributed by atoms with Crippen LogP contribution in [0.25, 0.3) is 0 Å². The number of aryl methyl sites for hydroxylation is 1. The van der Waals surface area contributed by atoms with Crippen LogP contribution in [-0.4, -0.2) is 28.2 Å². The smallest absolute Gasteiger partial charge is 0.278 e. The van der Waals surface area contributed by atoms with E-state index in [1.807, 2.05) is 37.3 Å². The van der Waals surface area contributed by atoms with Crippen LogP contribution in [-0.2, 0) is 12.1 Å². The van der Waals surface area contributed by atoms with E-state index in [1.54, 1.807) is 0 Å². The van der Waals surface area contributed by atoms with Crippen molar-refractivity contribution in [2.45, 2.75) is 38.5 Å². The van der Waals surface area contributed by atoms with Crippen molar-refractivity contribution in [3.8, 4) is 5.75 Å². The first-order valence-corrected chi connectivity index (χ1v) is 10.7. The average molecular weight is 400 g/mol. The summed E-state index contributed by atoms with van der Waals surface area (Å²) in [5.74, 6) is 1.96. The minimum atomic E-state index is -1.19. The van der Waals surface area contributed by atoms with E-state index in [1.165, 1.54) is 5.56 Å². The fourth-order valence-electron chi connectivity index (χ4n) is 4.93. The number of para-hydroxylation sites is 2. The van der Waals surface area contributed by atoms with Gasteiger partial charge in [0, 0.05) is 5.56 Å². The monoisotopic (exact) mass is 399 g/mol. The second-order valence-corrected chi connectivity index (χ2v) is 7.95. The predicted octanol–water partition coefficient (Wildman–Crippen LogP) is 4.83. The molecule has 2 unspecified atom stereocenters. The number of benzene rings is 3. The molecule has 0 amide bonds. The minimum absolute atomic E-state index is 0.168. The van der Waals surface area contributed by atoms with Gasteiger partial charge in [-0.25, -0.2) is 4.90 Å². The van der Waals surface area contributed by atoms with Crippen LogP contribution in [0.5, 0.6) is 5.75 Å². The Bertz CT molecular complexity index is 1090. The number of anilines is 1. The summed E-state index contributed by atoms with van der Waals surface area (Å²) in [6, 6.07) is 26.5. The molecule has 0 radical (unpaired) electrons. The van der Waals surface area contributed by atoms with Crippen LogP contribution in [0.4, 0.5) is 11.4 Å². The third-order valence-corrected chi connectivity index (χ3v) is 6.32. The third-order valence-electron chi connectivity index (χ3n) is 6.32. The molecule has 4 heteroatoms. The number of hydrogen-bond acceptors (Lipinski definition) is 3. The van der Waals surface area contributed by atoms with Crippen LogP contribution in [0.2, 0.25) is 0 Å². The lowest BCUT2D eigenvalue weighted by molar-refractivity contribution is -0.601. The first-order valence-electron chi connectivity index (χ1n) is 10.7. The van der Waals surface area contributed by atoms with Gasteiger partial charge in [-0.15, -0.1) is 0 Å². The van der Waals surface area contributed by atoms with E-state index in [9.17, 15) is 5.11 Å². The lowest BCUT2D eigenvalue weighted by Gasteiger charge is -2.29. The molecular weight excluding hydrogens is 372 g/mol. The molecule has 3 aromatic carbocycles. The number of fused-ring (bicyclic) bond motifs is 2. The highest BCUT2D eigenvalue weighted by atomic mass is 16.5. The van der Waals surface area contributed by atoms with Crippen LogP contribution in [0.1, 0.15) is 31.4 Å². The predicted molar refractivity (Wildman–Crippen MR) is 120 cm³/mol. The zero-order chi connectivity index (χ0) is 20.7. The molecule has 0 fully saturated rings. The number of rotatable bonds is 4. The Labute approximate surface area is 177 Å². The topological polar surface area (TPSA) is 35.7 Å². The molecular formula is C26H27N2O2+. The van der Waals surface area contributed by atoms with Crippen LogP contribution in [0, 0.1) is 0 Å². The zero-order valence-corrected chi connectivity index (χ0v) is 17.5. The van der Waals surface area contributed by atoms with Crippen molar-refractivity contribution in [1.29, 1.82) is 0 Å². The summed E-state index contributed by atoms with van der Waals surface area (Å²) in [6.45, 7) is 4.71. The fraction of sp³-hybridized carbons (Fsp3) is 0.269. The molecule has 0 saturated carbocycles. The molecule has 4 nitrogen and oxygen atoms in total. The highest BCUT2D eigenvalue weighted by Crippen LogP contribution is 2.45. The van der Waals surface area contributed by atoms with E-state index in [2.05, 4.69) is 64.9 Å². The van der Waals surface area contributed by atoms with Crippen molar-refractivity contribution in [3.05, 3.63) is 90.0 Å². The molecule has 152 valence electrons. The quantitative estimate of drug-likeness (QED) is 0.639. The Balaban J connectivity index is 1.71. The minimum Gasteiger partial charge on any atom is -0.494 e. The Hall–Kier alpha value is -3.11. The average Bonchev–Trinajstić information content (AvgIpc) is 3.03. The van der Waals surface area contributed by atoms with Crippen molar-refractivity contribution in [3.63, 3.8) is 0 Å². The second-order valence-electron chi connectivity index (χ2n) is 7.95. The number of nitrogens with zero attached hydrogens (tertiary/aromatic N) is 2. The molecule has 2 aliphatic heterocycles. The van der Waals surface area contributed by atoms with Crippen molar-refractivity contribution < 1.29 is 14.4 Å². The molecule has 0 aromatic heterocycles. The summed E-state index contributed by atoms with van der Waals surface area (Å²) < 4.78 is 7.78.